The zero-order chi connectivity index (χ0) is 14.7. The smallest absolute Gasteiger partial charge is 0.330 e. The van der Waals surface area contributed by atoms with Gasteiger partial charge in [0.2, 0.25) is 10.0 Å². The van der Waals surface area contributed by atoms with Gasteiger partial charge in [0.25, 0.3) is 0 Å². The van der Waals surface area contributed by atoms with Crippen LogP contribution in [0.4, 0.5) is 18.9 Å². The molecule has 0 amide bonds. The first-order chi connectivity index (χ1) is 8.64. The first kappa shape index (κ1) is 16.3. The number of sulfonamides is 1. The molecule has 0 saturated carbocycles. The fourth-order valence-electron chi connectivity index (χ4n) is 1.32. The maximum absolute atomic E-state index is 12.6. The highest BCUT2D eigenvalue weighted by Crippen LogP contribution is 2.33. The van der Waals surface area contributed by atoms with Crippen LogP contribution in [0.3, 0.4) is 0 Å². The summed E-state index contributed by atoms with van der Waals surface area (Å²) in [5, 5.41) is 0. The van der Waals surface area contributed by atoms with Crippen LogP contribution in [-0.4, -0.2) is 20.7 Å². The van der Waals surface area contributed by atoms with Crippen molar-refractivity contribution in [2.75, 3.05) is 17.0 Å². The van der Waals surface area contributed by atoms with Gasteiger partial charge in [-0.2, -0.15) is 13.2 Å². The number of halogens is 4. The number of rotatable bonds is 5. The summed E-state index contributed by atoms with van der Waals surface area (Å²) in [6.45, 7) is 0.188. The second-order valence-corrected chi connectivity index (χ2v) is 6.55. The molecule has 0 unspecified atom stereocenters. The van der Waals surface area contributed by atoms with E-state index in [0.717, 1.165) is 12.1 Å². The topological polar surface area (TPSA) is 72.2 Å². The highest BCUT2D eigenvalue weighted by Gasteiger charge is 2.31. The van der Waals surface area contributed by atoms with Gasteiger partial charge in [-0.25, -0.2) is 8.42 Å². The molecular weight excluding hydrogens is 349 g/mol. The molecule has 0 saturated heterocycles. The predicted octanol–water partition coefficient (Wildman–Crippen LogP) is 2.56. The van der Waals surface area contributed by atoms with Crippen molar-refractivity contribution in [1.29, 1.82) is 0 Å². The number of hydrogen-bond acceptors (Lipinski definition) is 3. The summed E-state index contributed by atoms with van der Waals surface area (Å²) in [6.07, 6.45) is -4.31. The third-order valence-electron chi connectivity index (χ3n) is 2.12. The minimum Gasteiger partial charge on any atom is -0.330 e. The lowest BCUT2D eigenvalue weighted by Crippen LogP contribution is -2.19. The van der Waals surface area contributed by atoms with E-state index in [-0.39, 0.29) is 28.9 Å². The van der Waals surface area contributed by atoms with Gasteiger partial charge in [-0.15, -0.1) is 0 Å². The Bertz CT molecular complexity index is 546. The fourth-order valence-corrected chi connectivity index (χ4v) is 2.94. The predicted molar refractivity (Wildman–Crippen MR) is 70.2 cm³/mol. The lowest BCUT2D eigenvalue weighted by molar-refractivity contribution is -0.137. The van der Waals surface area contributed by atoms with E-state index in [4.69, 9.17) is 5.73 Å². The summed E-state index contributed by atoms with van der Waals surface area (Å²) in [5.74, 6) is -0.239. The molecule has 0 spiro atoms. The Morgan fingerprint density at radius 1 is 1.26 bits per heavy atom. The molecule has 0 atom stereocenters. The molecule has 19 heavy (non-hydrogen) atoms. The van der Waals surface area contributed by atoms with E-state index in [9.17, 15) is 21.6 Å². The van der Waals surface area contributed by atoms with E-state index >= 15 is 0 Å². The van der Waals surface area contributed by atoms with Gasteiger partial charge in [-0.1, -0.05) is 15.9 Å². The summed E-state index contributed by atoms with van der Waals surface area (Å²) >= 11 is 2.91. The number of hydrogen-bond donors (Lipinski definition) is 2. The van der Waals surface area contributed by atoms with Gasteiger partial charge in [-0.05, 0) is 31.2 Å². The van der Waals surface area contributed by atoms with Crippen LogP contribution in [-0.2, 0) is 16.2 Å². The Morgan fingerprint density at radius 3 is 2.42 bits per heavy atom. The van der Waals surface area contributed by atoms with E-state index in [0.29, 0.717) is 0 Å². The first-order valence-corrected chi connectivity index (χ1v) is 7.67. The quantitative estimate of drug-likeness (QED) is 0.847. The van der Waals surface area contributed by atoms with Gasteiger partial charge < -0.3 is 5.73 Å². The molecule has 0 aliphatic heterocycles. The van der Waals surface area contributed by atoms with Crippen LogP contribution < -0.4 is 10.5 Å². The minimum absolute atomic E-state index is 0.138. The minimum atomic E-state index is -4.54. The maximum atomic E-state index is 12.6. The lowest BCUT2D eigenvalue weighted by Gasteiger charge is -2.12. The van der Waals surface area contributed by atoms with Gasteiger partial charge in [0.15, 0.2) is 0 Å². The molecule has 0 aliphatic rings. The van der Waals surface area contributed by atoms with Crippen LogP contribution in [0.25, 0.3) is 0 Å². The Morgan fingerprint density at radius 2 is 1.89 bits per heavy atom. The number of benzene rings is 1. The third kappa shape index (κ3) is 5.37. The van der Waals surface area contributed by atoms with Crippen LogP contribution in [0.2, 0.25) is 0 Å². The second kappa shape index (κ2) is 6.10. The summed E-state index contributed by atoms with van der Waals surface area (Å²) in [4.78, 5) is 0. The molecule has 3 N–H and O–H groups in total. The summed E-state index contributed by atoms with van der Waals surface area (Å²) in [6, 6.07) is 2.87. The molecule has 1 aromatic rings. The number of anilines is 1. The molecule has 1 aromatic carbocycles. The second-order valence-electron chi connectivity index (χ2n) is 3.79. The van der Waals surface area contributed by atoms with E-state index in [1.54, 1.807) is 0 Å². The molecule has 0 aromatic heterocycles. The molecule has 0 bridgehead atoms. The zero-order valence-corrected chi connectivity index (χ0v) is 12.1. The highest BCUT2D eigenvalue weighted by atomic mass is 79.9. The Kier molecular flexibility index (Phi) is 5.22. The number of nitrogens with two attached hydrogens (primary N) is 1. The fraction of sp³-hybridized carbons (Fsp3) is 0.400. The molecule has 108 valence electrons. The number of alkyl halides is 3. The van der Waals surface area contributed by atoms with Crippen LogP contribution >= 0.6 is 15.9 Å². The van der Waals surface area contributed by atoms with Crippen LogP contribution in [0.1, 0.15) is 12.0 Å². The van der Waals surface area contributed by atoms with E-state index in [1.807, 2.05) is 0 Å². The van der Waals surface area contributed by atoms with Gasteiger partial charge >= 0.3 is 6.18 Å². The maximum Gasteiger partial charge on any atom is 0.416 e. The van der Waals surface area contributed by atoms with Gasteiger partial charge in [0.1, 0.15) is 0 Å². The summed E-state index contributed by atoms with van der Waals surface area (Å²) in [5.41, 5.74) is 4.11. The molecule has 0 fully saturated rings. The largest absolute Gasteiger partial charge is 0.416 e. The van der Waals surface area contributed by atoms with Gasteiger partial charge in [0, 0.05) is 4.47 Å². The van der Waals surface area contributed by atoms with Crippen LogP contribution in [0, 0.1) is 0 Å². The third-order valence-corrected chi connectivity index (χ3v) is 3.95. The van der Waals surface area contributed by atoms with E-state index in [1.165, 1.54) is 6.07 Å². The monoisotopic (exact) mass is 360 g/mol. The van der Waals surface area contributed by atoms with Crippen molar-refractivity contribution in [1.82, 2.24) is 0 Å². The molecule has 0 radical (unpaired) electrons. The Labute approximate surface area is 117 Å². The SMILES string of the molecule is NCCCS(=O)(=O)Nc1cc(Br)cc(C(F)(F)F)c1. The molecule has 0 heterocycles. The Balaban J connectivity index is 2.99. The van der Waals surface area contributed by atoms with Gasteiger partial charge in [-0.3, -0.25) is 4.72 Å². The molecule has 4 nitrogen and oxygen atoms in total. The van der Waals surface area contributed by atoms with Crippen molar-refractivity contribution in [2.24, 2.45) is 5.73 Å². The highest BCUT2D eigenvalue weighted by molar-refractivity contribution is 9.10. The summed E-state index contributed by atoms with van der Waals surface area (Å²) < 4.78 is 63.1. The Hall–Kier alpha value is -0.800. The van der Waals surface area contributed by atoms with Crippen molar-refractivity contribution in [2.45, 2.75) is 12.6 Å². The zero-order valence-electron chi connectivity index (χ0n) is 9.67. The average Bonchev–Trinajstić information content (AvgIpc) is 2.23. The van der Waals surface area contributed by atoms with Crippen LogP contribution in [0.5, 0.6) is 0 Å². The number of nitrogens with one attached hydrogen (secondary N) is 1. The standard InChI is InChI=1S/C10H12BrF3N2O2S/c11-8-4-7(10(12,13)14)5-9(6-8)16-19(17,18)3-1-2-15/h4-6,16H,1-3,15H2. The van der Waals surface area contributed by atoms with Crippen molar-refractivity contribution in [3.05, 3.63) is 28.2 Å². The van der Waals surface area contributed by atoms with Crippen LogP contribution in [0.15, 0.2) is 22.7 Å². The van der Waals surface area contributed by atoms with Crippen molar-refractivity contribution >= 4 is 31.6 Å². The van der Waals surface area contributed by atoms with E-state index < -0.39 is 21.8 Å². The lowest BCUT2D eigenvalue weighted by atomic mass is 10.2. The van der Waals surface area contributed by atoms with E-state index in [2.05, 4.69) is 20.7 Å². The normalized spacial score (nSPS) is 12.5. The first-order valence-electron chi connectivity index (χ1n) is 5.22. The van der Waals surface area contributed by atoms with Crippen molar-refractivity contribution in [3.8, 4) is 0 Å². The van der Waals surface area contributed by atoms with Crippen molar-refractivity contribution < 1.29 is 21.6 Å². The molecule has 1 rings (SSSR count). The molecule has 9 heteroatoms. The molecule has 0 aliphatic carbocycles. The van der Waals surface area contributed by atoms with Gasteiger partial charge in [0.05, 0.1) is 17.0 Å². The van der Waals surface area contributed by atoms with Crippen molar-refractivity contribution in [3.63, 3.8) is 0 Å². The summed E-state index contributed by atoms with van der Waals surface area (Å²) in [7, 11) is -3.69. The average molecular weight is 361 g/mol. The molecular formula is C10H12BrF3N2O2S.